The van der Waals surface area contributed by atoms with Gasteiger partial charge in [0, 0.05) is 18.0 Å². The summed E-state index contributed by atoms with van der Waals surface area (Å²) in [6, 6.07) is 0. The van der Waals surface area contributed by atoms with Crippen LogP contribution in [0.2, 0.25) is 0 Å². The lowest BCUT2D eigenvalue weighted by Crippen LogP contribution is -2.26. The SMILES string of the molecule is CCc1nc(C2(C)CCCO2)nc(CC)c1CCN. The molecule has 2 heterocycles. The van der Waals surface area contributed by atoms with Gasteiger partial charge in [0.15, 0.2) is 5.82 Å². The van der Waals surface area contributed by atoms with Crippen molar-refractivity contribution in [2.45, 2.75) is 58.5 Å². The predicted molar refractivity (Wildman–Crippen MR) is 76.1 cm³/mol. The van der Waals surface area contributed by atoms with Crippen molar-refractivity contribution in [3.05, 3.63) is 22.8 Å². The van der Waals surface area contributed by atoms with Gasteiger partial charge in [-0.3, -0.25) is 0 Å². The smallest absolute Gasteiger partial charge is 0.160 e. The highest BCUT2D eigenvalue weighted by atomic mass is 16.5. The van der Waals surface area contributed by atoms with Crippen LogP contribution >= 0.6 is 0 Å². The van der Waals surface area contributed by atoms with Gasteiger partial charge in [-0.05, 0) is 51.1 Å². The third-order valence-corrected chi connectivity index (χ3v) is 3.93. The summed E-state index contributed by atoms with van der Waals surface area (Å²) in [6.07, 6.45) is 4.81. The summed E-state index contributed by atoms with van der Waals surface area (Å²) < 4.78 is 5.88. The highest BCUT2D eigenvalue weighted by Crippen LogP contribution is 2.34. The van der Waals surface area contributed by atoms with Crippen molar-refractivity contribution in [2.24, 2.45) is 5.73 Å². The van der Waals surface area contributed by atoms with E-state index in [0.717, 1.165) is 55.9 Å². The van der Waals surface area contributed by atoms with Gasteiger partial charge in [0.25, 0.3) is 0 Å². The second-order valence-corrected chi connectivity index (χ2v) is 5.35. The van der Waals surface area contributed by atoms with E-state index < -0.39 is 0 Å². The van der Waals surface area contributed by atoms with Crippen molar-refractivity contribution in [1.29, 1.82) is 0 Å². The van der Waals surface area contributed by atoms with Crippen molar-refractivity contribution in [3.63, 3.8) is 0 Å². The molecule has 4 heteroatoms. The van der Waals surface area contributed by atoms with Gasteiger partial charge >= 0.3 is 0 Å². The van der Waals surface area contributed by atoms with Crippen LogP contribution in [-0.2, 0) is 29.6 Å². The number of nitrogens with zero attached hydrogens (tertiary/aromatic N) is 2. The van der Waals surface area contributed by atoms with E-state index in [1.807, 2.05) is 0 Å². The molecule has 0 saturated carbocycles. The average Bonchev–Trinajstić information content (AvgIpc) is 2.87. The van der Waals surface area contributed by atoms with E-state index in [2.05, 4.69) is 20.8 Å². The van der Waals surface area contributed by atoms with Crippen molar-refractivity contribution < 1.29 is 4.74 Å². The first-order valence-electron chi connectivity index (χ1n) is 7.37. The van der Waals surface area contributed by atoms with Crippen LogP contribution in [0.25, 0.3) is 0 Å². The Balaban J connectivity index is 2.46. The Morgan fingerprint density at radius 1 is 1.21 bits per heavy atom. The number of aromatic nitrogens is 2. The van der Waals surface area contributed by atoms with E-state index >= 15 is 0 Å². The fourth-order valence-electron chi connectivity index (χ4n) is 2.79. The van der Waals surface area contributed by atoms with E-state index in [4.69, 9.17) is 20.4 Å². The van der Waals surface area contributed by atoms with E-state index in [1.54, 1.807) is 0 Å². The molecule has 2 rings (SSSR count). The van der Waals surface area contributed by atoms with Crippen LogP contribution in [0.1, 0.15) is 56.4 Å². The van der Waals surface area contributed by atoms with Crippen molar-refractivity contribution in [3.8, 4) is 0 Å². The summed E-state index contributed by atoms with van der Waals surface area (Å²) in [4.78, 5) is 9.56. The molecule has 1 atom stereocenters. The van der Waals surface area contributed by atoms with Crippen LogP contribution in [0.3, 0.4) is 0 Å². The van der Waals surface area contributed by atoms with Gasteiger partial charge in [-0.1, -0.05) is 13.8 Å². The largest absolute Gasteiger partial charge is 0.367 e. The van der Waals surface area contributed by atoms with Crippen LogP contribution < -0.4 is 5.73 Å². The Kier molecular flexibility index (Phi) is 4.53. The first-order valence-corrected chi connectivity index (χ1v) is 7.37. The first kappa shape index (κ1) is 14.4. The Labute approximate surface area is 115 Å². The lowest BCUT2D eigenvalue weighted by atomic mass is 9.99. The molecule has 1 aliphatic heterocycles. The molecule has 1 unspecified atom stereocenters. The van der Waals surface area contributed by atoms with Crippen molar-refractivity contribution in [1.82, 2.24) is 9.97 Å². The van der Waals surface area contributed by atoms with Gasteiger partial charge in [0.2, 0.25) is 0 Å². The molecule has 4 nitrogen and oxygen atoms in total. The Morgan fingerprint density at radius 2 is 1.84 bits per heavy atom. The number of hydrogen-bond donors (Lipinski definition) is 1. The minimum Gasteiger partial charge on any atom is -0.367 e. The highest BCUT2D eigenvalue weighted by Gasteiger charge is 2.35. The molecule has 0 aromatic carbocycles. The van der Waals surface area contributed by atoms with E-state index in [1.165, 1.54) is 5.56 Å². The number of nitrogens with two attached hydrogens (primary N) is 1. The maximum Gasteiger partial charge on any atom is 0.160 e. The highest BCUT2D eigenvalue weighted by molar-refractivity contribution is 5.28. The first-order chi connectivity index (χ1) is 9.14. The minimum atomic E-state index is -0.297. The summed E-state index contributed by atoms with van der Waals surface area (Å²) in [5.74, 6) is 0.861. The second kappa shape index (κ2) is 5.97. The normalized spacial score (nSPS) is 22.9. The summed E-state index contributed by atoms with van der Waals surface area (Å²) in [6.45, 7) is 7.85. The third kappa shape index (κ3) is 2.79. The molecule has 0 bridgehead atoms. The molecular formula is C15H25N3O. The van der Waals surface area contributed by atoms with Gasteiger partial charge in [-0.2, -0.15) is 0 Å². The summed E-state index contributed by atoms with van der Waals surface area (Å²) in [7, 11) is 0. The molecule has 106 valence electrons. The topological polar surface area (TPSA) is 61.0 Å². The minimum absolute atomic E-state index is 0.297. The zero-order chi connectivity index (χ0) is 13.9. The molecule has 1 saturated heterocycles. The van der Waals surface area contributed by atoms with E-state index in [9.17, 15) is 0 Å². The van der Waals surface area contributed by atoms with Crippen LogP contribution in [0.4, 0.5) is 0 Å². The van der Waals surface area contributed by atoms with Gasteiger partial charge in [-0.25, -0.2) is 9.97 Å². The maximum absolute atomic E-state index is 5.88. The average molecular weight is 263 g/mol. The number of rotatable bonds is 5. The monoisotopic (exact) mass is 263 g/mol. The lowest BCUT2D eigenvalue weighted by Gasteiger charge is -2.24. The molecule has 0 radical (unpaired) electrons. The van der Waals surface area contributed by atoms with Crippen LogP contribution in [0.15, 0.2) is 0 Å². The molecule has 1 aliphatic rings. The zero-order valence-electron chi connectivity index (χ0n) is 12.3. The molecule has 0 spiro atoms. The molecule has 19 heavy (non-hydrogen) atoms. The molecule has 1 fully saturated rings. The van der Waals surface area contributed by atoms with Crippen LogP contribution in [0, 0.1) is 0 Å². The predicted octanol–water partition coefficient (Wildman–Crippen LogP) is 2.13. The van der Waals surface area contributed by atoms with E-state index in [0.29, 0.717) is 6.54 Å². The van der Waals surface area contributed by atoms with Gasteiger partial charge < -0.3 is 10.5 Å². The standard InChI is InChI=1S/C15H25N3O/c1-4-12-11(7-9-16)13(5-2)18-14(17-12)15(3)8-6-10-19-15/h4-10,16H2,1-3H3. The third-order valence-electron chi connectivity index (χ3n) is 3.93. The molecule has 1 aromatic heterocycles. The Morgan fingerprint density at radius 3 is 2.26 bits per heavy atom. The summed E-state index contributed by atoms with van der Waals surface area (Å²) >= 11 is 0. The summed E-state index contributed by atoms with van der Waals surface area (Å²) in [5, 5.41) is 0. The number of hydrogen-bond acceptors (Lipinski definition) is 4. The van der Waals surface area contributed by atoms with Crippen molar-refractivity contribution in [2.75, 3.05) is 13.2 Å². The molecule has 2 N–H and O–H groups in total. The van der Waals surface area contributed by atoms with Crippen molar-refractivity contribution >= 4 is 0 Å². The lowest BCUT2D eigenvalue weighted by molar-refractivity contribution is 0.00894. The second-order valence-electron chi connectivity index (χ2n) is 5.35. The summed E-state index contributed by atoms with van der Waals surface area (Å²) in [5.41, 5.74) is 8.95. The molecule has 0 amide bonds. The maximum atomic E-state index is 5.88. The fourth-order valence-corrected chi connectivity index (χ4v) is 2.79. The van der Waals surface area contributed by atoms with Gasteiger partial charge in [0.05, 0.1) is 0 Å². The van der Waals surface area contributed by atoms with Gasteiger partial charge in [0.1, 0.15) is 5.60 Å². The Hall–Kier alpha value is -1.00. The zero-order valence-corrected chi connectivity index (χ0v) is 12.3. The molecular weight excluding hydrogens is 238 g/mol. The number of ether oxygens (including phenoxy) is 1. The fraction of sp³-hybridized carbons (Fsp3) is 0.733. The van der Waals surface area contributed by atoms with E-state index in [-0.39, 0.29) is 5.60 Å². The molecule has 1 aromatic rings. The quantitative estimate of drug-likeness (QED) is 0.884. The molecule has 0 aliphatic carbocycles. The Bertz CT molecular complexity index is 414. The van der Waals surface area contributed by atoms with Crippen LogP contribution in [-0.4, -0.2) is 23.1 Å². The number of aryl methyl sites for hydroxylation is 2. The van der Waals surface area contributed by atoms with Crippen LogP contribution in [0.5, 0.6) is 0 Å². The van der Waals surface area contributed by atoms with Gasteiger partial charge in [-0.15, -0.1) is 0 Å².